The maximum atomic E-state index is 14.8. The average molecular weight is 591 g/mol. The molecule has 2 aromatic carbocycles. The fourth-order valence-electron chi connectivity index (χ4n) is 3.57. The number of amides is 1. The first-order chi connectivity index (χ1) is 18.9. The molecule has 0 aliphatic rings. The Balaban J connectivity index is 1.70. The van der Waals surface area contributed by atoms with Crippen LogP contribution in [0.5, 0.6) is 0 Å². The van der Waals surface area contributed by atoms with Crippen molar-refractivity contribution >= 4 is 38.9 Å². The predicted octanol–water partition coefficient (Wildman–Crippen LogP) is 5.16. The number of nitrogens with zero attached hydrogens (tertiary/aromatic N) is 3. The first-order valence-corrected chi connectivity index (χ1v) is 14.3. The molecule has 9 nitrogen and oxygen atoms in total. The van der Waals surface area contributed by atoms with Crippen LogP contribution in [0.15, 0.2) is 53.6 Å². The molecule has 0 radical (unpaired) electrons. The van der Waals surface area contributed by atoms with Gasteiger partial charge in [0.1, 0.15) is 22.3 Å². The quantitative estimate of drug-likeness (QED) is 0.218. The fourth-order valence-corrected chi connectivity index (χ4v) is 5.78. The Morgan fingerprint density at radius 2 is 1.75 bits per heavy atom. The van der Waals surface area contributed by atoms with Crippen LogP contribution in [-0.2, 0) is 14.8 Å². The van der Waals surface area contributed by atoms with E-state index in [0.717, 1.165) is 17.1 Å². The molecule has 14 heteroatoms. The molecule has 0 bridgehead atoms. The molecule has 1 amide bonds. The largest absolute Gasteiger partial charge is 0.355 e. The minimum absolute atomic E-state index is 0.0453. The summed E-state index contributed by atoms with van der Waals surface area (Å²) in [6.07, 6.45) is 1.55. The Morgan fingerprint density at radius 3 is 2.48 bits per heavy atom. The van der Waals surface area contributed by atoms with E-state index in [-0.39, 0.29) is 11.8 Å². The summed E-state index contributed by atoms with van der Waals surface area (Å²) in [5.74, 6) is -2.86. The van der Waals surface area contributed by atoms with Gasteiger partial charge in [-0.3, -0.25) is 9.52 Å². The van der Waals surface area contributed by atoms with Crippen LogP contribution in [0.4, 0.5) is 24.8 Å². The number of halogens is 3. The van der Waals surface area contributed by atoms with Crippen molar-refractivity contribution in [3.63, 3.8) is 0 Å². The van der Waals surface area contributed by atoms with Gasteiger partial charge >= 0.3 is 0 Å². The van der Waals surface area contributed by atoms with Crippen LogP contribution in [-0.4, -0.2) is 42.4 Å². The second-order valence-corrected chi connectivity index (χ2v) is 11.6. The van der Waals surface area contributed by atoms with Crippen molar-refractivity contribution in [1.82, 2.24) is 20.3 Å². The van der Waals surface area contributed by atoms with Crippen LogP contribution in [0.25, 0.3) is 21.8 Å². The summed E-state index contributed by atoms with van der Waals surface area (Å²) in [5, 5.41) is 6.46. The van der Waals surface area contributed by atoms with Gasteiger partial charge in [-0.25, -0.2) is 36.5 Å². The molecule has 2 aromatic heterocycles. The van der Waals surface area contributed by atoms with Gasteiger partial charge in [0.25, 0.3) is 10.0 Å². The van der Waals surface area contributed by atoms with Crippen LogP contribution in [0.3, 0.4) is 0 Å². The zero-order chi connectivity index (χ0) is 29.0. The maximum Gasteiger partial charge on any atom is 0.265 e. The number of aromatic nitrogens is 3. The second-order valence-electron chi connectivity index (χ2n) is 8.93. The van der Waals surface area contributed by atoms with Crippen LogP contribution < -0.4 is 15.4 Å². The highest BCUT2D eigenvalue weighted by molar-refractivity contribution is 7.92. The molecule has 4 rings (SSSR count). The van der Waals surface area contributed by atoms with Crippen molar-refractivity contribution in [2.24, 2.45) is 0 Å². The van der Waals surface area contributed by atoms with E-state index in [0.29, 0.717) is 53.0 Å². The monoisotopic (exact) mass is 590 g/mol. The standard InChI is InChI=1S/C26H25F3N6O3S2/c1-14(2)25-34-23(24(39-25)20-8-9-31-26(33-20)32-11-10-30-15(3)36)16-4-6-18(28)21(12-16)35-40(37,38)22-13-17(27)5-7-19(22)29/h4-9,12-14,35H,10-11H2,1-3H3,(H,30,36)(H,31,32,33). The highest BCUT2D eigenvalue weighted by atomic mass is 32.2. The predicted molar refractivity (Wildman–Crippen MR) is 147 cm³/mol. The van der Waals surface area contributed by atoms with E-state index in [1.54, 1.807) is 12.3 Å². The zero-order valence-corrected chi connectivity index (χ0v) is 23.3. The van der Waals surface area contributed by atoms with Gasteiger partial charge in [-0.2, -0.15) is 0 Å². The molecule has 40 heavy (non-hydrogen) atoms. The minimum atomic E-state index is -4.66. The van der Waals surface area contributed by atoms with Gasteiger partial charge in [0.15, 0.2) is 0 Å². The molecule has 210 valence electrons. The smallest absolute Gasteiger partial charge is 0.265 e. The van der Waals surface area contributed by atoms with Gasteiger partial charge in [0.05, 0.1) is 27.0 Å². The van der Waals surface area contributed by atoms with E-state index < -0.39 is 38.1 Å². The Bertz CT molecular complexity index is 1660. The van der Waals surface area contributed by atoms with Crippen molar-refractivity contribution < 1.29 is 26.4 Å². The molecule has 4 aromatic rings. The van der Waals surface area contributed by atoms with Gasteiger partial charge < -0.3 is 10.6 Å². The minimum Gasteiger partial charge on any atom is -0.355 e. The number of benzene rings is 2. The summed E-state index contributed by atoms with van der Waals surface area (Å²) in [6, 6.07) is 7.39. The summed E-state index contributed by atoms with van der Waals surface area (Å²) in [7, 11) is -4.66. The zero-order valence-electron chi connectivity index (χ0n) is 21.6. The van der Waals surface area contributed by atoms with Crippen molar-refractivity contribution in [2.45, 2.75) is 31.6 Å². The first kappa shape index (κ1) is 29.0. The van der Waals surface area contributed by atoms with Crippen molar-refractivity contribution in [3.8, 4) is 21.8 Å². The Hall–Kier alpha value is -4.04. The lowest BCUT2D eigenvalue weighted by Crippen LogP contribution is -2.26. The molecule has 0 saturated heterocycles. The SMILES string of the molecule is CC(=O)NCCNc1nccc(-c2sc(C(C)C)nc2-c2ccc(F)c(NS(=O)(=O)c3cc(F)ccc3F)c2)n1. The molecular weight excluding hydrogens is 565 g/mol. The number of nitrogens with one attached hydrogen (secondary N) is 3. The van der Waals surface area contributed by atoms with Crippen LogP contribution in [0.2, 0.25) is 0 Å². The molecular formula is C26H25F3N6O3S2. The van der Waals surface area contributed by atoms with E-state index in [1.807, 2.05) is 18.6 Å². The number of rotatable bonds is 10. The Morgan fingerprint density at radius 1 is 1.00 bits per heavy atom. The molecule has 0 atom stereocenters. The molecule has 0 aliphatic carbocycles. The number of hydrogen-bond donors (Lipinski definition) is 3. The van der Waals surface area contributed by atoms with Crippen LogP contribution in [0.1, 0.15) is 31.7 Å². The fraction of sp³-hybridized carbons (Fsp3) is 0.231. The van der Waals surface area contributed by atoms with E-state index in [1.165, 1.54) is 30.4 Å². The average Bonchev–Trinajstić information content (AvgIpc) is 3.35. The van der Waals surface area contributed by atoms with E-state index >= 15 is 0 Å². The van der Waals surface area contributed by atoms with Gasteiger partial charge in [-0.1, -0.05) is 13.8 Å². The summed E-state index contributed by atoms with van der Waals surface area (Å²) in [5.41, 5.74) is 0.851. The third-order valence-electron chi connectivity index (χ3n) is 5.47. The number of carbonyl (C=O) groups is 1. The molecule has 0 fully saturated rings. The van der Waals surface area contributed by atoms with E-state index in [2.05, 4.69) is 20.6 Å². The molecule has 2 heterocycles. The van der Waals surface area contributed by atoms with E-state index in [9.17, 15) is 26.4 Å². The normalized spacial score (nSPS) is 11.5. The summed E-state index contributed by atoms with van der Waals surface area (Å²) < 4.78 is 70.2. The lowest BCUT2D eigenvalue weighted by molar-refractivity contribution is -0.118. The molecule has 0 saturated carbocycles. The Labute approximate surface area is 233 Å². The topological polar surface area (TPSA) is 126 Å². The molecule has 3 N–H and O–H groups in total. The van der Waals surface area contributed by atoms with Crippen molar-refractivity contribution in [2.75, 3.05) is 23.1 Å². The summed E-state index contributed by atoms with van der Waals surface area (Å²) in [4.78, 5) is 24.2. The van der Waals surface area contributed by atoms with Crippen molar-refractivity contribution in [3.05, 3.63) is 71.1 Å². The molecule has 0 aliphatic heterocycles. The highest BCUT2D eigenvalue weighted by Crippen LogP contribution is 2.39. The molecule has 0 spiro atoms. The van der Waals surface area contributed by atoms with Gasteiger partial charge in [0, 0.05) is 37.7 Å². The number of sulfonamides is 1. The first-order valence-electron chi connectivity index (χ1n) is 12.0. The second kappa shape index (κ2) is 12.0. The number of thiazole rings is 1. The third-order valence-corrected chi connectivity index (χ3v) is 8.23. The van der Waals surface area contributed by atoms with E-state index in [4.69, 9.17) is 4.98 Å². The van der Waals surface area contributed by atoms with Gasteiger partial charge in [0.2, 0.25) is 11.9 Å². The maximum absolute atomic E-state index is 14.8. The van der Waals surface area contributed by atoms with Gasteiger partial charge in [-0.05, 0) is 42.5 Å². The Kier molecular flexibility index (Phi) is 8.69. The number of carbonyl (C=O) groups excluding carboxylic acids is 1. The van der Waals surface area contributed by atoms with Crippen LogP contribution >= 0.6 is 11.3 Å². The summed E-state index contributed by atoms with van der Waals surface area (Å²) >= 11 is 1.37. The van der Waals surface area contributed by atoms with Crippen molar-refractivity contribution in [1.29, 1.82) is 0 Å². The lowest BCUT2D eigenvalue weighted by atomic mass is 10.1. The number of anilines is 2. The highest BCUT2D eigenvalue weighted by Gasteiger charge is 2.24. The molecule has 0 unspecified atom stereocenters. The van der Waals surface area contributed by atoms with Gasteiger partial charge in [-0.15, -0.1) is 11.3 Å². The lowest BCUT2D eigenvalue weighted by Gasteiger charge is -2.12. The number of hydrogen-bond acceptors (Lipinski definition) is 8. The van der Waals surface area contributed by atoms with Crippen LogP contribution in [0, 0.1) is 17.5 Å². The summed E-state index contributed by atoms with van der Waals surface area (Å²) in [6.45, 7) is 6.10. The third kappa shape index (κ3) is 6.74.